The summed E-state index contributed by atoms with van der Waals surface area (Å²) < 4.78 is 0. The molecule has 0 bridgehead atoms. The van der Waals surface area contributed by atoms with E-state index in [2.05, 4.69) is 30.3 Å². The van der Waals surface area contributed by atoms with Crippen molar-refractivity contribution in [2.75, 3.05) is 0 Å². The molecule has 0 spiro atoms. The fourth-order valence-electron chi connectivity index (χ4n) is 4.48. The maximum atomic E-state index is 10.8. The van der Waals surface area contributed by atoms with Crippen molar-refractivity contribution in [2.45, 2.75) is 0 Å². The summed E-state index contributed by atoms with van der Waals surface area (Å²) in [7, 11) is -1.65. The molecular formula is C30H23BO2. The van der Waals surface area contributed by atoms with Crippen molar-refractivity contribution in [3.63, 3.8) is 0 Å². The van der Waals surface area contributed by atoms with Crippen LogP contribution >= 0.6 is 0 Å². The Balaban J connectivity index is 1.97. The van der Waals surface area contributed by atoms with Gasteiger partial charge in [-0.3, -0.25) is 0 Å². The maximum absolute atomic E-state index is 10.8. The van der Waals surface area contributed by atoms with Crippen LogP contribution in [-0.4, -0.2) is 17.2 Å². The molecule has 0 aliphatic carbocycles. The van der Waals surface area contributed by atoms with Crippen LogP contribution in [0.5, 0.6) is 0 Å². The third-order valence-corrected chi connectivity index (χ3v) is 5.92. The van der Waals surface area contributed by atoms with E-state index in [1.165, 1.54) is 0 Å². The summed E-state index contributed by atoms with van der Waals surface area (Å²) in [5, 5.41) is 21.6. The van der Waals surface area contributed by atoms with Crippen molar-refractivity contribution in [1.29, 1.82) is 0 Å². The lowest BCUT2D eigenvalue weighted by Gasteiger charge is -2.23. The lowest BCUT2D eigenvalue weighted by atomic mass is 9.67. The molecule has 2 N–H and O–H groups in total. The fraction of sp³-hybridized carbons (Fsp3) is 0. The summed E-state index contributed by atoms with van der Waals surface area (Å²) in [5.41, 5.74) is 8.02. The van der Waals surface area contributed by atoms with E-state index in [4.69, 9.17) is 0 Å². The van der Waals surface area contributed by atoms with Crippen molar-refractivity contribution in [3.05, 3.63) is 127 Å². The first-order chi connectivity index (χ1) is 16.2. The first-order valence-electron chi connectivity index (χ1n) is 11.0. The van der Waals surface area contributed by atoms with E-state index >= 15 is 0 Å². The molecule has 0 unspecified atom stereocenters. The normalized spacial score (nSPS) is 10.7. The minimum absolute atomic E-state index is 0.507. The summed E-state index contributed by atoms with van der Waals surface area (Å²) in [6.07, 6.45) is 0. The molecule has 5 aromatic rings. The van der Waals surface area contributed by atoms with Gasteiger partial charge in [0.05, 0.1) is 0 Å². The quantitative estimate of drug-likeness (QED) is 0.337. The molecule has 0 aromatic heterocycles. The third kappa shape index (κ3) is 4.12. The van der Waals surface area contributed by atoms with Crippen LogP contribution in [0.1, 0.15) is 0 Å². The van der Waals surface area contributed by atoms with E-state index in [1.54, 1.807) is 0 Å². The second-order valence-electron chi connectivity index (χ2n) is 7.97. The Kier molecular flexibility index (Phi) is 5.90. The molecule has 0 radical (unpaired) electrons. The summed E-state index contributed by atoms with van der Waals surface area (Å²) in [6.45, 7) is 0. The van der Waals surface area contributed by atoms with Gasteiger partial charge in [-0.2, -0.15) is 0 Å². The molecule has 0 aliphatic heterocycles. The van der Waals surface area contributed by atoms with Crippen molar-refractivity contribution in [2.24, 2.45) is 0 Å². The Morgan fingerprint density at radius 3 is 1.00 bits per heavy atom. The first-order valence-corrected chi connectivity index (χ1v) is 11.0. The highest BCUT2D eigenvalue weighted by molar-refractivity contribution is 6.63. The van der Waals surface area contributed by atoms with Crippen molar-refractivity contribution in [1.82, 2.24) is 0 Å². The fourth-order valence-corrected chi connectivity index (χ4v) is 4.48. The molecule has 3 heteroatoms. The molecule has 0 aliphatic rings. The molecule has 5 aromatic carbocycles. The second-order valence-corrected chi connectivity index (χ2v) is 7.97. The highest BCUT2D eigenvalue weighted by Crippen LogP contribution is 2.40. The van der Waals surface area contributed by atoms with Gasteiger partial charge in [0.15, 0.2) is 0 Å². The Hall–Kier alpha value is -3.92. The largest absolute Gasteiger partial charge is 0.489 e. The Morgan fingerprint density at radius 2 is 0.697 bits per heavy atom. The van der Waals surface area contributed by atoms with Crippen molar-refractivity contribution in [3.8, 4) is 44.5 Å². The van der Waals surface area contributed by atoms with Gasteiger partial charge in [-0.15, -0.1) is 0 Å². The lowest BCUT2D eigenvalue weighted by molar-refractivity contribution is 0.426. The molecule has 5 rings (SSSR count). The average molecular weight is 426 g/mol. The minimum atomic E-state index is -1.65. The summed E-state index contributed by atoms with van der Waals surface area (Å²) in [5.74, 6) is 0. The van der Waals surface area contributed by atoms with Crippen LogP contribution in [0.2, 0.25) is 0 Å². The zero-order valence-corrected chi connectivity index (χ0v) is 18.1. The zero-order valence-electron chi connectivity index (χ0n) is 18.1. The Labute approximate surface area is 194 Å². The van der Waals surface area contributed by atoms with E-state index in [9.17, 15) is 10.0 Å². The van der Waals surface area contributed by atoms with Crippen molar-refractivity contribution >= 4 is 12.6 Å². The van der Waals surface area contributed by atoms with E-state index in [1.807, 2.05) is 97.1 Å². The molecule has 158 valence electrons. The van der Waals surface area contributed by atoms with Gasteiger partial charge in [0.2, 0.25) is 0 Å². The van der Waals surface area contributed by atoms with Crippen LogP contribution in [0.15, 0.2) is 127 Å². The molecule has 0 saturated heterocycles. The standard InChI is InChI=1S/C30H23BO2/c32-31(33)30-28(24-17-9-3-10-18-24)26(22-13-5-1-6-14-22)21-27(23-15-7-2-8-16-23)29(30)25-19-11-4-12-20-25/h1-21,32-33H. The topological polar surface area (TPSA) is 40.5 Å². The van der Waals surface area contributed by atoms with Crippen LogP contribution in [0.25, 0.3) is 44.5 Å². The predicted molar refractivity (Wildman–Crippen MR) is 138 cm³/mol. The molecule has 0 fully saturated rings. The van der Waals surface area contributed by atoms with Crippen LogP contribution in [-0.2, 0) is 0 Å². The Bertz CT molecular complexity index is 1250. The van der Waals surface area contributed by atoms with Crippen LogP contribution in [0.4, 0.5) is 0 Å². The average Bonchev–Trinajstić information content (AvgIpc) is 2.89. The van der Waals surface area contributed by atoms with Gasteiger partial charge in [-0.1, -0.05) is 121 Å². The van der Waals surface area contributed by atoms with E-state index in [0.29, 0.717) is 5.46 Å². The molecule has 2 nitrogen and oxygen atoms in total. The van der Waals surface area contributed by atoms with E-state index in [-0.39, 0.29) is 0 Å². The lowest BCUT2D eigenvalue weighted by Crippen LogP contribution is -2.34. The number of hydrogen-bond acceptors (Lipinski definition) is 2. The number of benzene rings is 5. The van der Waals surface area contributed by atoms with Gasteiger partial charge in [0.1, 0.15) is 0 Å². The second kappa shape index (κ2) is 9.29. The minimum Gasteiger partial charge on any atom is -0.423 e. The number of hydrogen-bond donors (Lipinski definition) is 2. The summed E-state index contributed by atoms with van der Waals surface area (Å²) in [6, 6.07) is 42.4. The van der Waals surface area contributed by atoms with Gasteiger partial charge in [0.25, 0.3) is 0 Å². The van der Waals surface area contributed by atoms with Crippen LogP contribution in [0.3, 0.4) is 0 Å². The third-order valence-electron chi connectivity index (χ3n) is 5.92. The molecule has 0 heterocycles. The van der Waals surface area contributed by atoms with Gasteiger partial charge in [-0.25, -0.2) is 0 Å². The molecule has 0 atom stereocenters. The molecule has 33 heavy (non-hydrogen) atoms. The first kappa shape index (κ1) is 21.0. The smallest absolute Gasteiger partial charge is 0.423 e. The zero-order chi connectivity index (χ0) is 22.6. The SMILES string of the molecule is OB(O)c1c(-c2ccccc2)c(-c2ccccc2)cc(-c2ccccc2)c1-c1ccccc1. The van der Waals surface area contributed by atoms with E-state index < -0.39 is 7.12 Å². The maximum Gasteiger partial charge on any atom is 0.489 e. The molecule has 0 saturated carbocycles. The Morgan fingerprint density at radius 1 is 0.394 bits per heavy atom. The van der Waals surface area contributed by atoms with E-state index in [0.717, 1.165) is 44.5 Å². The highest BCUT2D eigenvalue weighted by atomic mass is 16.4. The molecule has 0 amide bonds. The summed E-state index contributed by atoms with van der Waals surface area (Å²) in [4.78, 5) is 0. The summed E-state index contributed by atoms with van der Waals surface area (Å²) >= 11 is 0. The van der Waals surface area contributed by atoms with Crippen LogP contribution in [0, 0.1) is 0 Å². The van der Waals surface area contributed by atoms with Crippen molar-refractivity contribution < 1.29 is 10.0 Å². The van der Waals surface area contributed by atoms with Crippen LogP contribution < -0.4 is 5.46 Å². The predicted octanol–water partition coefficient (Wildman–Crippen LogP) is 6.03. The van der Waals surface area contributed by atoms with Gasteiger partial charge < -0.3 is 10.0 Å². The van der Waals surface area contributed by atoms with Gasteiger partial charge in [0, 0.05) is 0 Å². The number of rotatable bonds is 5. The molecular weight excluding hydrogens is 403 g/mol. The van der Waals surface area contributed by atoms with Gasteiger partial charge in [-0.05, 0) is 56.0 Å². The monoisotopic (exact) mass is 426 g/mol. The highest BCUT2D eigenvalue weighted by Gasteiger charge is 2.28. The van der Waals surface area contributed by atoms with Gasteiger partial charge >= 0.3 is 7.12 Å².